The van der Waals surface area contributed by atoms with Crippen LogP contribution in [0.4, 0.5) is 0 Å². The molecule has 8 heavy (non-hydrogen) atoms. The molecule has 46 valence electrons. The maximum Gasteiger partial charge on any atom is 0.0641 e. The van der Waals surface area contributed by atoms with Crippen LogP contribution in [-0.2, 0) is 4.74 Å². The number of aliphatic hydroxyl groups is 1. The van der Waals surface area contributed by atoms with Gasteiger partial charge in [0.25, 0.3) is 0 Å². The van der Waals surface area contributed by atoms with Gasteiger partial charge in [0.15, 0.2) is 0 Å². The average molecular weight is 114 g/mol. The van der Waals surface area contributed by atoms with Crippen molar-refractivity contribution in [2.24, 2.45) is 5.41 Å². The minimum Gasteiger partial charge on any atom is -0.392 e. The summed E-state index contributed by atoms with van der Waals surface area (Å²) >= 11 is 0. The second-order valence-electron chi connectivity index (χ2n) is 2.91. The molecule has 1 atom stereocenters. The van der Waals surface area contributed by atoms with Crippen molar-refractivity contribution in [3.63, 3.8) is 0 Å². The van der Waals surface area contributed by atoms with Crippen molar-refractivity contribution >= 4 is 0 Å². The van der Waals surface area contributed by atoms with E-state index in [1.165, 1.54) is 6.42 Å². The van der Waals surface area contributed by atoms with Crippen molar-refractivity contribution in [1.29, 1.82) is 0 Å². The maximum atomic E-state index is 9.14. The van der Waals surface area contributed by atoms with Crippen LogP contribution in [0.3, 0.4) is 0 Å². The fraction of sp³-hybridized carbons (Fsp3) is 1.00. The van der Waals surface area contributed by atoms with Gasteiger partial charge in [0, 0.05) is 5.41 Å². The summed E-state index contributed by atoms with van der Waals surface area (Å²) in [6.45, 7) is 1.60. The van der Waals surface area contributed by atoms with Crippen LogP contribution < -0.4 is 0 Å². The first-order chi connectivity index (χ1) is 3.83. The highest BCUT2D eigenvalue weighted by molar-refractivity contribution is 5.00. The summed E-state index contributed by atoms with van der Waals surface area (Å²) in [6.07, 6.45) is 2.12. The Labute approximate surface area is 48.5 Å². The Morgan fingerprint density at radius 3 is 2.25 bits per heavy atom. The van der Waals surface area contributed by atoms with E-state index in [0.29, 0.717) is 0 Å². The summed E-state index contributed by atoms with van der Waals surface area (Å²) in [5.74, 6) is 0. The molecule has 1 spiro atoms. The molecule has 2 heteroatoms. The number of aliphatic hydroxyl groups excluding tert-OH is 1. The first-order valence-corrected chi connectivity index (χ1v) is 3.09. The highest BCUT2D eigenvalue weighted by atomic mass is 16.5. The molecular weight excluding hydrogens is 104 g/mol. The summed E-state index contributed by atoms with van der Waals surface area (Å²) < 4.78 is 4.99. The number of rotatable bonds is 0. The van der Waals surface area contributed by atoms with E-state index in [1.54, 1.807) is 0 Å². The third kappa shape index (κ3) is 0.361. The molecule has 1 aliphatic heterocycles. The minimum atomic E-state index is -0.0451. The van der Waals surface area contributed by atoms with E-state index in [4.69, 9.17) is 9.84 Å². The normalized spacial score (nSPS) is 40.9. The van der Waals surface area contributed by atoms with Crippen LogP contribution in [-0.4, -0.2) is 24.4 Å². The van der Waals surface area contributed by atoms with Crippen molar-refractivity contribution in [2.75, 3.05) is 13.2 Å². The first kappa shape index (κ1) is 4.77. The van der Waals surface area contributed by atoms with E-state index in [-0.39, 0.29) is 11.5 Å². The van der Waals surface area contributed by atoms with Gasteiger partial charge in [-0.05, 0) is 12.8 Å². The standard InChI is InChI=1S/C6H10O2/c7-5-1-2-6(5)3-8-4-6/h5,7H,1-4H2/t5-/m0/s1. The van der Waals surface area contributed by atoms with Gasteiger partial charge in [0.2, 0.25) is 0 Å². The zero-order valence-corrected chi connectivity index (χ0v) is 4.76. The van der Waals surface area contributed by atoms with Crippen molar-refractivity contribution < 1.29 is 9.84 Å². The van der Waals surface area contributed by atoms with Gasteiger partial charge in [-0.25, -0.2) is 0 Å². The molecule has 1 aliphatic carbocycles. The molecule has 0 bridgehead atoms. The molecule has 2 fully saturated rings. The predicted molar refractivity (Wildman–Crippen MR) is 28.5 cm³/mol. The van der Waals surface area contributed by atoms with Gasteiger partial charge in [-0.2, -0.15) is 0 Å². The lowest BCUT2D eigenvalue weighted by Gasteiger charge is -2.52. The largest absolute Gasteiger partial charge is 0.392 e. The lowest BCUT2D eigenvalue weighted by atomic mass is 9.65. The van der Waals surface area contributed by atoms with Crippen molar-refractivity contribution in [2.45, 2.75) is 18.9 Å². The third-order valence-corrected chi connectivity index (χ3v) is 2.40. The summed E-state index contributed by atoms with van der Waals surface area (Å²) in [4.78, 5) is 0. The lowest BCUT2D eigenvalue weighted by molar-refractivity contribution is -0.221. The fourth-order valence-corrected chi connectivity index (χ4v) is 1.38. The Kier molecular flexibility index (Phi) is 0.746. The third-order valence-electron chi connectivity index (χ3n) is 2.40. The van der Waals surface area contributed by atoms with Gasteiger partial charge in [0.1, 0.15) is 0 Å². The highest BCUT2D eigenvalue weighted by Gasteiger charge is 2.51. The van der Waals surface area contributed by atoms with Gasteiger partial charge in [0.05, 0.1) is 19.3 Å². The average Bonchev–Trinajstić information content (AvgIpc) is 1.58. The topological polar surface area (TPSA) is 29.5 Å². The SMILES string of the molecule is O[C@H]1CCC12COC2. The van der Waals surface area contributed by atoms with Gasteiger partial charge >= 0.3 is 0 Å². The van der Waals surface area contributed by atoms with Gasteiger partial charge in [-0.15, -0.1) is 0 Å². The van der Waals surface area contributed by atoms with Crippen molar-refractivity contribution in [3.05, 3.63) is 0 Å². The van der Waals surface area contributed by atoms with E-state index in [1.807, 2.05) is 0 Å². The summed E-state index contributed by atoms with van der Waals surface area (Å²) in [7, 11) is 0. The quantitative estimate of drug-likeness (QED) is 0.486. The molecule has 2 rings (SSSR count). The van der Waals surface area contributed by atoms with Crippen LogP contribution in [0.15, 0.2) is 0 Å². The second kappa shape index (κ2) is 1.25. The number of hydrogen-bond acceptors (Lipinski definition) is 2. The molecule has 0 unspecified atom stereocenters. The van der Waals surface area contributed by atoms with Crippen LogP contribution in [0.2, 0.25) is 0 Å². The van der Waals surface area contributed by atoms with Crippen LogP contribution in [0.25, 0.3) is 0 Å². The molecule has 0 amide bonds. The monoisotopic (exact) mass is 114 g/mol. The van der Waals surface area contributed by atoms with Crippen molar-refractivity contribution in [3.8, 4) is 0 Å². The Morgan fingerprint density at radius 1 is 1.50 bits per heavy atom. The zero-order chi connectivity index (χ0) is 5.61. The van der Waals surface area contributed by atoms with Crippen LogP contribution >= 0.6 is 0 Å². The fourth-order valence-electron chi connectivity index (χ4n) is 1.38. The summed E-state index contributed by atoms with van der Waals surface area (Å²) in [5.41, 5.74) is 0.236. The molecule has 0 radical (unpaired) electrons. The maximum absolute atomic E-state index is 9.14. The summed E-state index contributed by atoms with van der Waals surface area (Å²) in [5, 5.41) is 9.14. The van der Waals surface area contributed by atoms with Gasteiger partial charge in [-0.1, -0.05) is 0 Å². The van der Waals surface area contributed by atoms with Gasteiger partial charge < -0.3 is 9.84 Å². The van der Waals surface area contributed by atoms with Crippen LogP contribution in [0, 0.1) is 5.41 Å². The van der Waals surface area contributed by atoms with Crippen LogP contribution in [0.5, 0.6) is 0 Å². The van der Waals surface area contributed by atoms with E-state index in [9.17, 15) is 0 Å². The molecule has 0 aromatic rings. The Bertz CT molecular complexity index is 102. The Hall–Kier alpha value is -0.0800. The smallest absolute Gasteiger partial charge is 0.0641 e. The Balaban J connectivity index is 2.03. The molecule has 1 N–H and O–H groups in total. The predicted octanol–water partition coefficient (Wildman–Crippen LogP) is 0.158. The molecule has 0 aromatic heterocycles. The van der Waals surface area contributed by atoms with E-state index in [2.05, 4.69) is 0 Å². The Morgan fingerprint density at radius 2 is 2.25 bits per heavy atom. The minimum absolute atomic E-state index is 0.0451. The molecular formula is C6H10O2. The highest BCUT2D eigenvalue weighted by Crippen LogP contribution is 2.46. The molecule has 1 saturated heterocycles. The van der Waals surface area contributed by atoms with Crippen LogP contribution in [0.1, 0.15) is 12.8 Å². The lowest BCUT2D eigenvalue weighted by Crippen LogP contribution is -2.58. The zero-order valence-electron chi connectivity index (χ0n) is 4.76. The number of ether oxygens (including phenoxy) is 1. The van der Waals surface area contributed by atoms with Crippen molar-refractivity contribution in [1.82, 2.24) is 0 Å². The van der Waals surface area contributed by atoms with E-state index >= 15 is 0 Å². The molecule has 1 saturated carbocycles. The van der Waals surface area contributed by atoms with E-state index in [0.717, 1.165) is 19.6 Å². The van der Waals surface area contributed by atoms with Gasteiger partial charge in [-0.3, -0.25) is 0 Å². The summed E-state index contributed by atoms with van der Waals surface area (Å²) in [6, 6.07) is 0. The second-order valence-corrected chi connectivity index (χ2v) is 2.91. The number of hydrogen-bond donors (Lipinski definition) is 1. The molecule has 2 nitrogen and oxygen atoms in total. The molecule has 2 aliphatic rings. The molecule has 0 aromatic carbocycles. The van der Waals surface area contributed by atoms with E-state index < -0.39 is 0 Å². The molecule has 1 heterocycles. The first-order valence-electron chi connectivity index (χ1n) is 3.09.